The predicted octanol–water partition coefficient (Wildman–Crippen LogP) is 3.61. The van der Waals surface area contributed by atoms with Gasteiger partial charge >= 0.3 is 6.43 Å². The Bertz CT molecular complexity index is 947. The largest absolute Gasteiger partial charge is 0.415 e. The number of allylic oxidation sites excluding steroid dienone is 1. The zero-order valence-corrected chi connectivity index (χ0v) is 16.5. The fourth-order valence-electron chi connectivity index (χ4n) is 4.34. The molecule has 30 heavy (non-hydrogen) atoms. The summed E-state index contributed by atoms with van der Waals surface area (Å²) in [5, 5.41) is 7.18. The highest BCUT2D eigenvalue weighted by Gasteiger charge is 2.43. The molecule has 0 amide bonds. The first-order chi connectivity index (χ1) is 14.7. The first kappa shape index (κ1) is 19.2. The maximum Gasteiger partial charge on any atom is 0.314 e. The van der Waals surface area contributed by atoms with Crippen LogP contribution in [0.5, 0.6) is 0 Å². The van der Waals surface area contributed by atoms with E-state index in [1.165, 1.54) is 11.3 Å². The molecule has 1 aromatic heterocycles. The van der Waals surface area contributed by atoms with Crippen LogP contribution in [-0.2, 0) is 10.3 Å². The molecule has 7 nitrogen and oxygen atoms in total. The smallest absolute Gasteiger partial charge is 0.314 e. The number of anilines is 1. The molecule has 5 rings (SSSR count). The summed E-state index contributed by atoms with van der Waals surface area (Å²) in [7, 11) is 0. The first-order valence-electron chi connectivity index (χ1n) is 10.2. The molecule has 0 atom stereocenters. The van der Waals surface area contributed by atoms with E-state index in [1.807, 2.05) is 6.20 Å². The van der Waals surface area contributed by atoms with Crippen molar-refractivity contribution in [2.75, 3.05) is 37.9 Å². The van der Waals surface area contributed by atoms with Crippen molar-refractivity contribution >= 4 is 17.5 Å². The average Bonchev–Trinajstić information content (AvgIpc) is 3.25. The van der Waals surface area contributed by atoms with E-state index in [0.717, 1.165) is 45.6 Å². The summed E-state index contributed by atoms with van der Waals surface area (Å²) in [6.45, 7) is 3.83. The van der Waals surface area contributed by atoms with Crippen LogP contribution in [0.25, 0.3) is 5.57 Å². The third-order valence-electron chi connectivity index (χ3n) is 6.14. The summed E-state index contributed by atoms with van der Waals surface area (Å²) >= 11 is 0. The summed E-state index contributed by atoms with van der Waals surface area (Å²) in [5.74, 6) is -0.607. The average molecular weight is 415 g/mol. The molecule has 1 aliphatic carbocycles. The standard InChI is InChI=1S/C21H23F2N5O2/c22-18(23)20-26-25-19(30-20)15-12-24-14-28(13-15)21(6-1-7-21)16-2-4-17(5-3-16)27-8-10-29-11-9-27/h2-5,12-13,18H,1,6-11,14H2. The molecule has 1 saturated heterocycles. The van der Waals surface area contributed by atoms with Crippen molar-refractivity contribution in [1.82, 2.24) is 15.1 Å². The molecule has 0 unspecified atom stereocenters. The minimum atomic E-state index is -2.79. The van der Waals surface area contributed by atoms with Crippen LogP contribution >= 0.6 is 0 Å². The van der Waals surface area contributed by atoms with Crippen LogP contribution < -0.4 is 4.90 Å². The minimum absolute atomic E-state index is 0.0656. The summed E-state index contributed by atoms with van der Waals surface area (Å²) in [5.41, 5.74) is 2.84. The Balaban J connectivity index is 1.39. The Kier molecular flexibility index (Phi) is 4.98. The van der Waals surface area contributed by atoms with Crippen molar-refractivity contribution in [3.05, 3.63) is 47.8 Å². The molecule has 0 spiro atoms. The number of nitrogens with zero attached hydrogens (tertiary/aromatic N) is 5. The maximum absolute atomic E-state index is 12.8. The van der Waals surface area contributed by atoms with Crippen LogP contribution in [0.15, 0.2) is 39.9 Å². The second-order valence-electron chi connectivity index (χ2n) is 7.78. The molecule has 2 fully saturated rings. The van der Waals surface area contributed by atoms with Crippen LogP contribution in [0, 0.1) is 0 Å². The number of hydrogen-bond acceptors (Lipinski definition) is 7. The molecule has 0 bridgehead atoms. The number of benzene rings is 1. The van der Waals surface area contributed by atoms with Crippen molar-refractivity contribution < 1.29 is 17.9 Å². The van der Waals surface area contributed by atoms with E-state index < -0.39 is 12.3 Å². The molecular weight excluding hydrogens is 392 g/mol. The van der Waals surface area contributed by atoms with Crippen LogP contribution in [0.4, 0.5) is 14.5 Å². The zero-order chi connectivity index (χ0) is 20.6. The van der Waals surface area contributed by atoms with Gasteiger partial charge in [-0.25, -0.2) is 0 Å². The fourth-order valence-corrected chi connectivity index (χ4v) is 4.34. The molecule has 1 aromatic carbocycles. The van der Waals surface area contributed by atoms with E-state index in [9.17, 15) is 8.78 Å². The number of alkyl halides is 2. The number of hydrogen-bond donors (Lipinski definition) is 0. The molecule has 9 heteroatoms. The third kappa shape index (κ3) is 3.36. The van der Waals surface area contributed by atoms with E-state index in [4.69, 9.17) is 9.15 Å². The Morgan fingerprint density at radius 1 is 1.03 bits per heavy atom. The SMILES string of the molecule is FC(F)c1nnc(C2=CN(C3(c4ccc(N5CCOCC5)cc4)CCC3)CN=C2)o1. The van der Waals surface area contributed by atoms with Crippen LogP contribution in [0.2, 0.25) is 0 Å². The number of aromatic nitrogens is 2. The Labute approximate surface area is 173 Å². The number of morpholine rings is 1. The van der Waals surface area contributed by atoms with E-state index in [1.54, 1.807) is 6.21 Å². The summed E-state index contributed by atoms with van der Waals surface area (Å²) in [4.78, 5) is 8.93. The van der Waals surface area contributed by atoms with Gasteiger partial charge in [0.05, 0.1) is 24.3 Å². The van der Waals surface area contributed by atoms with Gasteiger partial charge in [-0.05, 0) is 37.0 Å². The second kappa shape index (κ2) is 7.79. The third-order valence-corrected chi connectivity index (χ3v) is 6.14. The van der Waals surface area contributed by atoms with Gasteiger partial charge in [-0.1, -0.05) is 12.1 Å². The van der Waals surface area contributed by atoms with Crippen LogP contribution in [-0.4, -0.2) is 54.3 Å². The monoisotopic (exact) mass is 415 g/mol. The normalized spacial score (nSPS) is 21.0. The molecule has 1 saturated carbocycles. The van der Waals surface area contributed by atoms with Crippen LogP contribution in [0.3, 0.4) is 0 Å². The highest BCUT2D eigenvalue weighted by Crippen LogP contribution is 2.48. The Morgan fingerprint density at radius 2 is 1.80 bits per heavy atom. The van der Waals surface area contributed by atoms with Gasteiger partial charge in [-0.2, -0.15) is 8.78 Å². The van der Waals surface area contributed by atoms with Gasteiger partial charge < -0.3 is 19.0 Å². The van der Waals surface area contributed by atoms with Crippen molar-refractivity contribution in [2.24, 2.45) is 4.99 Å². The number of halogens is 2. The lowest BCUT2D eigenvalue weighted by molar-refractivity contribution is 0.0559. The number of aliphatic imine (C=N–C) groups is 1. The number of ether oxygens (including phenoxy) is 1. The lowest BCUT2D eigenvalue weighted by Gasteiger charge is -2.50. The lowest BCUT2D eigenvalue weighted by Crippen LogP contribution is -2.49. The van der Waals surface area contributed by atoms with E-state index in [2.05, 4.69) is 49.3 Å². The summed E-state index contributed by atoms with van der Waals surface area (Å²) in [6.07, 6.45) is 3.87. The molecule has 2 aromatic rings. The van der Waals surface area contributed by atoms with Gasteiger partial charge in [0, 0.05) is 31.2 Å². The van der Waals surface area contributed by atoms with Gasteiger partial charge in [0.15, 0.2) is 0 Å². The van der Waals surface area contributed by atoms with E-state index in [-0.39, 0.29) is 11.4 Å². The highest BCUT2D eigenvalue weighted by molar-refractivity contribution is 6.08. The minimum Gasteiger partial charge on any atom is -0.415 e. The van der Waals surface area contributed by atoms with Crippen LogP contribution in [0.1, 0.15) is 43.0 Å². The van der Waals surface area contributed by atoms with Gasteiger partial charge in [-0.15, -0.1) is 10.2 Å². The van der Waals surface area contributed by atoms with Gasteiger partial charge in [-0.3, -0.25) is 4.99 Å². The molecule has 3 heterocycles. The molecule has 0 N–H and O–H groups in total. The zero-order valence-electron chi connectivity index (χ0n) is 16.5. The van der Waals surface area contributed by atoms with E-state index >= 15 is 0 Å². The van der Waals surface area contributed by atoms with Crippen molar-refractivity contribution in [3.8, 4) is 0 Å². The molecule has 0 radical (unpaired) electrons. The van der Waals surface area contributed by atoms with Gasteiger partial charge in [0.1, 0.15) is 6.67 Å². The Morgan fingerprint density at radius 3 is 2.43 bits per heavy atom. The highest BCUT2D eigenvalue weighted by atomic mass is 19.3. The topological polar surface area (TPSA) is 67.0 Å². The quantitative estimate of drug-likeness (QED) is 0.743. The van der Waals surface area contributed by atoms with Gasteiger partial charge in [0.2, 0.25) is 0 Å². The summed E-state index contributed by atoms with van der Waals surface area (Å²) < 4.78 is 36.1. The maximum atomic E-state index is 12.8. The first-order valence-corrected chi connectivity index (χ1v) is 10.2. The van der Waals surface area contributed by atoms with E-state index in [0.29, 0.717) is 12.2 Å². The van der Waals surface area contributed by atoms with Crippen molar-refractivity contribution in [2.45, 2.75) is 31.2 Å². The predicted molar refractivity (Wildman–Crippen MR) is 107 cm³/mol. The molecule has 2 aliphatic heterocycles. The fraction of sp³-hybridized carbons (Fsp3) is 0.476. The molecular formula is C21H23F2N5O2. The summed E-state index contributed by atoms with van der Waals surface area (Å²) in [6, 6.07) is 8.73. The number of rotatable bonds is 5. The Hall–Kier alpha value is -2.81. The van der Waals surface area contributed by atoms with Crippen molar-refractivity contribution in [1.29, 1.82) is 0 Å². The van der Waals surface area contributed by atoms with Gasteiger partial charge in [0.25, 0.3) is 11.8 Å². The van der Waals surface area contributed by atoms with Crippen molar-refractivity contribution in [3.63, 3.8) is 0 Å². The molecule has 158 valence electrons. The lowest BCUT2D eigenvalue weighted by atomic mass is 9.70. The second-order valence-corrected chi connectivity index (χ2v) is 7.78. The molecule has 3 aliphatic rings.